The van der Waals surface area contributed by atoms with Crippen molar-refractivity contribution >= 4 is 10.8 Å². The molecule has 0 bridgehead atoms. The van der Waals surface area contributed by atoms with Gasteiger partial charge >= 0.3 is 0 Å². The summed E-state index contributed by atoms with van der Waals surface area (Å²) in [7, 11) is 4.69. The second kappa shape index (κ2) is 5.98. The third kappa shape index (κ3) is 2.29. The van der Waals surface area contributed by atoms with E-state index in [0.717, 1.165) is 28.6 Å². The lowest BCUT2D eigenvalue weighted by Crippen LogP contribution is -2.26. The first-order valence-corrected chi connectivity index (χ1v) is 8.27. The van der Waals surface area contributed by atoms with Crippen LogP contribution in [0.3, 0.4) is 0 Å². The third-order valence-corrected chi connectivity index (χ3v) is 4.90. The Labute approximate surface area is 150 Å². The Morgan fingerprint density at radius 1 is 0.923 bits per heavy atom. The normalized spacial score (nSPS) is 12.4. The number of methoxy groups -OCH3 is 3. The highest BCUT2D eigenvalue weighted by Gasteiger charge is 2.22. The van der Waals surface area contributed by atoms with Crippen LogP contribution in [-0.4, -0.2) is 31.0 Å². The molecule has 6 nitrogen and oxygen atoms in total. The van der Waals surface area contributed by atoms with E-state index in [-0.39, 0.29) is 11.3 Å². The lowest BCUT2D eigenvalue weighted by atomic mass is 9.95. The summed E-state index contributed by atoms with van der Waals surface area (Å²) in [4.78, 5) is 13.0. The van der Waals surface area contributed by atoms with E-state index in [9.17, 15) is 9.90 Å². The number of rotatable bonds is 3. The molecule has 0 atom stereocenters. The topological polar surface area (TPSA) is 69.9 Å². The maximum absolute atomic E-state index is 13.0. The van der Waals surface area contributed by atoms with Gasteiger partial charge in [0.15, 0.2) is 23.0 Å². The average Bonchev–Trinajstić information content (AvgIpc) is 2.67. The smallest absolute Gasteiger partial charge is 0.259 e. The maximum atomic E-state index is 13.0. The average molecular weight is 353 g/mol. The molecule has 2 heterocycles. The van der Waals surface area contributed by atoms with Gasteiger partial charge in [0, 0.05) is 12.1 Å². The third-order valence-electron chi connectivity index (χ3n) is 4.90. The number of aromatic nitrogens is 1. The highest BCUT2D eigenvalue weighted by atomic mass is 16.5. The van der Waals surface area contributed by atoms with Gasteiger partial charge in [0.05, 0.1) is 32.4 Å². The van der Waals surface area contributed by atoms with Gasteiger partial charge in [-0.15, -0.1) is 0 Å². The van der Waals surface area contributed by atoms with Crippen molar-refractivity contribution in [2.24, 2.45) is 0 Å². The molecule has 134 valence electrons. The molecule has 3 aromatic rings. The summed E-state index contributed by atoms with van der Waals surface area (Å²) in [5, 5.41) is 11.2. The highest BCUT2D eigenvalue weighted by molar-refractivity contribution is 5.89. The fraction of sp³-hybridized carbons (Fsp3) is 0.250. The minimum Gasteiger partial charge on any atom is -0.504 e. The van der Waals surface area contributed by atoms with Crippen molar-refractivity contribution in [3.05, 3.63) is 46.2 Å². The zero-order valence-corrected chi connectivity index (χ0v) is 14.8. The van der Waals surface area contributed by atoms with Crippen LogP contribution in [0.25, 0.3) is 22.0 Å². The van der Waals surface area contributed by atoms with Crippen LogP contribution in [0.15, 0.2) is 35.1 Å². The predicted octanol–water partition coefficient (Wildman–Crippen LogP) is 2.96. The Morgan fingerprint density at radius 2 is 1.62 bits per heavy atom. The summed E-state index contributed by atoms with van der Waals surface area (Å²) in [5.74, 6) is 1.59. The standard InChI is InChI=1S/C20H19NO5/c1-24-17-8-12-6-15-13-10-19(26-3)18(25-2)7-11(13)4-5-21(15)20(23)14(12)9-16(17)22/h6-10,22H,4-5H2,1-3H3. The van der Waals surface area contributed by atoms with Gasteiger partial charge < -0.3 is 23.9 Å². The molecule has 0 radical (unpaired) electrons. The number of aromatic hydroxyl groups is 1. The first-order chi connectivity index (χ1) is 12.6. The number of nitrogens with zero attached hydrogens (tertiary/aromatic N) is 1. The quantitative estimate of drug-likeness (QED) is 0.784. The molecule has 0 aliphatic carbocycles. The van der Waals surface area contributed by atoms with Crippen LogP contribution in [0.2, 0.25) is 0 Å². The number of ether oxygens (including phenoxy) is 3. The number of aryl methyl sites for hydroxylation is 1. The van der Waals surface area contributed by atoms with E-state index < -0.39 is 0 Å². The zero-order valence-electron chi connectivity index (χ0n) is 14.8. The van der Waals surface area contributed by atoms with Gasteiger partial charge in [0.1, 0.15) is 0 Å². The summed E-state index contributed by atoms with van der Waals surface area (Å²) in [6.45, 7) is 0.569. The second-order valence-corrected chi connectivity index (χ2v) is 6.21. The number of pyridine rings is 1. The number of phenolic OH excluding ortho intramolecular Hbond substituents is 1. The van der Waals surface area contributed by atoms with Crippen LogP contribution in [0.1, 0.15) is 5.56 Å². The van der Waals surface area contributed by atoms with Gasteiger partial charge in [-0.2, -0.15) is 0 Å². The lowest BCUT2D eigenvalue weighted by molar-refractivity contribution is 0.354. The largest absolute Gasteiger partial charge is 0.504 e. The van der Waals surface area contributed by atoms with E-state index in [4.69, 9.17) is 14.2 Å². The molecular weight excluding hydrogens is 334 g/mol. The minimum absolute atomic E-state index is 0.0414. The molecule has 0 saturated carbocycles. The maximum Gasteiger partial charge on any atom is 0.259 e. The number of fused-ring (bicyclic) bond motifs is 4. The lowest BCUT2D eigenvalue weighted by Gasteiger charge is -2.24. The first kappa shape index (κ1) is 16.3. The molecule has 0 amide bonds. The van der Waals surface area contributed by atoms with E-state index in [1.165, 1.54) is 13.2 Å². The molecule has 1 aliphatic rings. The molecule has 0 fully saturated rings. The van der Waals surface area contributed by atoms with Gasteiger partial charge in [-0.25, -0.2) is 0 Å². The Kier molecular flexibility index (Phi) is 3.76. The molecule has 1 N–H and O–H groups in total. The summed E-state index contributed by atoms with van der Waals surface area (Å²) >= 11 is 0. The number of hydrogen-bond acceptors (Lipinski definition) is 5. The highest BCUT2D eigenvalue weighted by Crippen LogP contribution is 2.39. The van der Waals surface area contributed by atoms with Crippen molar-refractivity contribution in [3.63, 3.8) is 0 Å². The van der Waals surface area contributed by atoms with Gasteiger partial charge in [0.2, 0.25) is 0 Å². The minimum atomic E-state index is -0.129. The van der Waals surface area contributed by atoms with Crippen LogP contribution in [-0.2, 0) is 13.0 Å². The molecule has 2 aromatic carbocycles. The van der Waals surface area contributed by atoms with Crippen molar-refractivity contribution in [2.45, 2.75) is 13.0 Å². The van der Waals surface area contributed by atoms with Crippen molar-refractivity contribution in [1.29, 1.82) is 0 Å². The summed E-state index contributed by atoms with van der Waals surface area (Å²) in [5.41, 5.74) is 2.74. The molecule has 6 heteroatoms. The van der Waals surface area contributed by atoms with Crippen LogP contribution >= 0.6 is 0 Å². The van der Waals surface area contributed by atoms with E-state index in [0.29, 0.717) is 29.2 Å². The van der Waals surface area contributed by atoms with Crippen molar-refractivity contribution in [3.8, 4) is 34.3 Å². The Morgan fingerprint density at radius 3 is 2.31 bits per heavy atom. The molecule has 0 spiro atoms. The second-order valence-electron chi connectivity index (χ2n) is 6.21. The summed E-state index contributed by atoms with van der Waals surface area (Å²) < 4.78 is 17.7. The number of benzene rings is 2. The summed E-state index contributed by atoms with van der Waals surface area (Å²) in [6, 6.07) is 8.96. The van der Waals surface area contributed by atoms with Crippen molar-refractivity contribution < 1.29 is 19.3 Å². The van der Waals surface area contributed by atoms with Crippen LogP contribution in [0.4, 0.5) is 0 Å². The fourth-order valence-corrected chi connectivity index (χ4v) is 3.58. The molecule has 4 rings (SSSR count). The fourth-order valence-electron chi connectivity index (χ4n) is 3.58. The monoisotopic (exact) mass is 353 g/mol. The molecule has 0 saturated heterocycles. The van der Waals surface area contributed by atoms with E-state index in [1.807, 2.05) is 18.2 Å². The van der Waals surface area contributed by atoms with Crippen molar-refractivity contribution in [1.82, 2.24) is 4.57 Å². The molecule has 26 heavy (non-hydrogen) atoms. The Balaban J connectivity index is 2.03. The van der Waals surface area contributed by atoms with Gasteiger partial charge in [-0.05, 0) is 47.7 Å². The van der Waals surface area contributed by atoms with Crippen LogP contribution in [0.5, 0.6) is 23.0 Å². The number of phenols is 1. The van der Waals surface area contributed by atoms with E-state index in [1.54, 1.807) is 24.9 Å². The summed E-state index contributed by atoms with van der Waals surface area (Å²) in [6.07, 6.45) is 0.718. The zero-order chi connectivity index (χ0) is 18.4. The van der Waals surface area contributed by atoms with Crippen molar-refractivity contribution in [2.75, 3.05) is 21.3 Å². The first-order valence-electron chi connectivity index (χ1n) is 8.27. The van der Waals surface area contributed by atoms with E-state index in [2.05, 4.69) is 0 Å². The van der Waals surface area contributed by atoms with E-state index >= 15 is 0 Å². The molecule has 1 aromatic heterocycles. The van der Waals surface area contributed by atoms with Gasteiger partial charge in [-0.3, -0.25) is 4.79 Å². The Hall–Kier alpha value is -3.15. The Bertz CT molecular complexity index is 1080. The van der Waals surface area contributed by atoms with Crippen LogP contribution < -0.4 is 19.8 Å². The molecular formula is C20H19NO5. The predicted molar refractivity (Wildman–Crippen MR) is 98.7 cm³/mol. The van der Waals surface area contributed by atoms with Crippen LogP contribution in [0, 0.1) is 0 Å². The van der Waals surface area contributed by atoms with Gasteiger partial charge in [0.25, 0.3) is 5.56 Å². The SMILES string of the molecule is COc1cc2cc3n(c(=O)c2cc1O)CCc1cc(OC)c(OC)cc1-3. The number of hydrogen-bond donors (Lipinski definition) is 1. The van der Waals surface area contributed by atoms with Gasteiger partial charge in [-0.1, -0.05) is 0 Å². The molecule has 0 unspecified atom stereocenters. The molecule has 1 aliphatic heterocycles.